The Morgan fingerprint density at radius 3 is 2.65 bits per heavy atom. The minimum Gasteiger partial charge on any atom is -0.550 e. The second-order valence-electron chi connectivity index (χ2n) is 7.55. The van der Waals surface area contributed by atoms with Gasteiger partial charge in [0.05, 0.1) is 6.10 Å². The van der Waals surface area contributed by atoms with Crippen LogP contribution < -0.4 is 5.11 Å². The van der Waals surface area contributed by atoms with Gasteiger partial charge in [0, 0.05) is 11.4 Å². The van der Waals surface area contributed by atoms with Crippen LogP contribution >= 0.6 is 0 Å². The smallest absolute Gasteiger partial charge is 0.0580 e. The summed E-state index contributed by atoms with van der Waals surface area (Å²) >= 11 is 0. The number of carbonyl (C=O) groups excluding carboxylic acids is 1. The van der Waals surface area contributed by atoms with E-state index in [1.165, 1.54) is 11.1 Å². The summed E-state index contributed by atoms with van der Waals surface area (Å²) in [6.07, 6.45) is 7.13. The molecule has 0 aromatic heterocycles. The largest absolute Gasteiger partial charge is 0.550 e. The zero-order valence-electron chi connectivity index (χ0n) is 12.6. The fourth-order valence-corrected chi connectivity index (χ4v) is 5.32. The first kappa shape index (κ1) is 14.1. The minimum absolute atomic E-state index is 0.0396. The van der Waals surface area contributed by atoms with Gasteiger partial charge >= 0.3 is 0 Å². The fourth-order valence-electron chi connectivity index (χ4n) is 5.32. The molecular formula is C17H25O3-. The Bertz CT molecular complexity index is 467. The van der Waals surface area contributed by atoms with Crippen molar-refractivity contribution in [3.8, 4) is 0 Å². The quantitative estimate of drug-likeness (QED) is 0.747. The van der Waals surface area contributed by atoms with E-state index < -0.39 is 11.4 Å². The molecule has 112 valence electrons. The van der Waals surface area contributed by atoms with Gasteiger partial charge in [-0.25, -0.2) is 0 Å². The van der Waals surface area contributed by atoms with Crippen molar-refractivity contribution in [3.63, 3.8) is 0 Å². The molecular weight excluding hydrogens is 252 g/mol. The Labute approximate surface area is 121 Å². The second kappa shape index (κ2) is 4.59. The zero-order chi connectivity index (χ0) is 14.5. The van der Waals surface area contributed by atoms with Gasteiger partial charge < -0.3 is 15.0 Å². The molecule has 3 nitrogen and oxygen atoms in total. The number of hydrogen-bond donors (Lipinski definition) is 1. The number of aliphatic hydroxyl groups excluding tert-OH is 1. The summed E-state index contributed by atoms with van der Waals surface area (Å²) in [5.41, 5.74) is 2.16. The van der Waals surface area contributed by atoms with Crippen molar-refractivity contribution in [1.82, 2.24) is 0 Å². The van der Waals surface area contributed by atoms with Crippen molar-refractivity contribution in [2.75, 3.05) is 0 Å². The van der Waals surface area contributed by atoms with Crippen molar-refractivity contribution in [1.29, 1.82) is 0 Å². The third kappa shape index (κ3) is 1.86. The Morgan fingerprint density at radius 1 is 1.25 bits per heavy atom. The minimum atomic E-state index is -0.881. The van der Waals surface area contributed by atoms with Crippen LogP contribution in [-0.2, 0) is 4.79 Å². The lowest BCUT2D eigenvalue weighted by atomic mass is 9.48. The van der Waals surface area contributed by atoms with Crippen LogP contribution in [0.3, 0.4) is 0 Å². The summed E-state index contributed by atoms with van der Waals surface area (Å²) in [5.74, 6) is -0.716. The van der Waals surface area contributed by atoms with E-state index in [4.69, 9.17) is 0 Å². The molecule has 3 aliphatic carbocycles. The highest BCUT2D eigenvalue weighted by atomic mass is 16.4. The average molecular weight is 277 g/mol. The number of fused-ring (bicyclic) bond motifs is 2. The van der Waals surface area contributed by atoms with Crippen LogP contribution in [0, 0.1) is 16.7 Å². The van der Waals surface area contributed by atoms with Crippen LogP contribution in [0.15, 0.2) is 11.1 Å². The molecule has 1 saturated carbocycles. The fraction of sp³-hybridized carbons (Fsp3) is 0.824. The van der Waals surface area contributed by atoms with Crippen molar-refractivity contribution in [3.05, 3.63) is 11.1 Å². The summed E-state index contributed by atoms with van der Waals surface area (Å²) in [6, 6.07) is 0. The van der Waals surface area contributed by atoms with Gasteiger partial charge in [0.15, 0.2) is 0 Å². The van der Waals surface area contributed by atoms with Gasteiger partial charge in [-0.15, -0.1) is 0 Å². The van der Waals surface area contributed by atoms with Gasteiger partial charge in [-0.2, -0.15) is 0 Å². The molecule has 0 bridgehead atoms. The maximum Gasteiger partial charge on any atom is 0.0580 e. The number of carboxylic acid groups (broad SMARTS) is 1. The Balaban J connectivity index is 2.03. The number of carboxylic acids is 1. The van der Waals surface area contributed by atoms with E-state index in [1.54, 1.807) is 0 Å². The van der Waals surface area contributed by atoms with Crippen molar-refractivity contribution in [2.24, 2.45) is 16.7 Å². The molecule has 0 saturated heterocycles. The van der Waals surface area contributed by atoms with Gasteiger partial charge in [0.2, 0.25) is 0 Å². The molecule has 0 aromatic carbocycles. The standard InChI is InChI=1S/C17H26O3/c1-16-8-3-9-17(2,15(19)20)14(16)7-5-11-4-6-12(18)10-13(11)16/h12,14,18H,3-10H2,1-2H3,(H,19,20)/p-1/t12-,14-,16+,17+/m1/s1. The highest BCUT2D eigenvalue weighted by Crippen LogP contribution is 2.61. The Kier molecular flexibility index (Phi) is 3.24. The molecule has 4 atom stereocenters. The normalized spacial score (nSPS) is 44.8. The number of hydrogen-bond acceptors (Lipinski definition) is 3. The Morgan fingerprint density at radius 2 is 1.95 bits per heavy atom. The molecule has 1 fully saturated rings. The van der Waals surface area contributed by atoms with Gasteiger partial charge in [-0.05, 0) is 56.3 Å². The van der Waals surface area contributed by atoms with Gasteiger partial charge in [0.25, 0.3) is 0 Å². The predicted octanol–water partition coefficient (Wildman–Crippen LogP) is 2.18. The summed E-state index contributed by atoms with van der Waals surface area (Å²) < 4.78 is 0. The maximum atomic E-state index is 11.7. The monoisotopic (exact) mass is 277 g/mol. The first-order valence-electron chi connectivity index (χ1n) is 7.99. The van der Waals surface area contributed by atoms with E-state index in [1.807, 2.05) is 6.92 Å². The lowest BCUT2D eigenvalue weighted by Crippen LogP contribution is -2.55. The average Bonchev–Trinajstić information content (AvgIpc) is 2.39. The Hall–Kier alpha value is -0.830. The molecule has 3 rings (SSSR count). The topological polar surface area (TPSA) is 60.4 Å². The zero-order valence-corrected chi connectivity index (χ0v) is 12.6. The molecule has 0 aliphatic heterocycles. The molecule has 3 aliphatic rings. The SMILES string of the molecule is C[C@@]12CCC[C@](C)(C(=O)[O-])[C@@H]1CCC1=C2C[C@H](O)CC1. The van der Waals surface area contributed by atoms with Crippen LogP contribution in [0.1, 0.15) is 65.2 Å². The third-order valence-corrected chi connectivity index (χ3v) is 6.47. The maximum absolute atomic E-state index is 11.7. The van der Waals surface area contributed by atoms with Crippen LogP contribution in [0.4, 0.5) is 0 Å². The first-order valence-corrected chi connectivity index (χ1v) is 7.99. The van der Waals surface area contributed by atoms with Crippen molar-refractivity contribution in [2.45, 2.75) is 71.3 Å². The van der Waals surface area contributed by atoms with E-state index in [2.05, 4.69) is 6.92 Å². The molecule has 0 unspecified atom stereocenters. The number of carbonyl (C=O) groups is 1. The van der Waals surface area contributed by atoms with Crippen LogP contribution in [-0.4, -0.2) is 17.2 Å². The molecule has 0 amide bonds. The molecule has 0 aromatic rings. The molecule has 0 spiro atoms. The van der Waals surface area contributed by atoms with E-state index in [0.29, 0.717) is 0 Å². The van der Waals surface area contributed by atoms with E-state index in [0.717, 1.165) is 51.4 Å². The summed E-state index contributed by atoms with van der Waals surface area (Å²) in [5, 5.41) is 21.8. The summed E-state index contributed by atoms with van der Waals surface area (Å²) in [6.45, 7) is 4.12. The lowest BCUT2D eigenvalue weighted by Gasteiger charge is -2.57. The predicted molar refractivity (Wildman–Crippen MR) is 74.7 cm³/mol. The second-order valence-corrected chi connectivity index (χ2v) is 7.55. The van der Waals surface area contributed by atoms with Crippen molar-refractivity contribution >= 4 is 5.97 Å². The number of rotatable bonds is 1. The molecule has 3 heteroatoms. The summed E-state index contributed by atoms with van der Waals surface area (Å²) in [7, 11) is 0. The number of aliphatic carboxylic acids is 1. The molecule has 0 heterocycles. The van der Waals surface area contributed by atoms with E-state index in [-0.39, 0.29) is 17.4 Å². The van der Waals surface area contributed by atoms with Gasteiger partial charge in [0.1, 0.15) is 0 Å². The van der Waals surface area contributed by atoms with Crippen molar-refractivity contribution < 1.29 is 15.0 Å². The van der Waals surface area contributed by atoms with Crippen LogP contribution in [0.25, 0.3) is 0 Å². The van der Waals surface area contributed by atoms with Crippen LogP contribution in [0.5, 0.6) is 0 Å². The number of aliphatic hydroxyl groups is 1. The van der Waals surface area contributed by atoms with E-state index >= 15 is 0 Å². The van der Waals surface area contributed by atoms with Crippen LogP contribution in [0.2, 0.25) is 0 Å². The highest BCUT2D eigenvalue weighted by Gasteiger charge is 2.53. The molecule has 1 N–H and O–H groups in total. The van der Waals surface area contributed by atoms with Gasteiger partial charge in [-0.1, -0.05) is 31.4 Å². The first-order chi connectivity index (χ1) is 9.38. The summed E-state index contributed by atoms with van der Waals surface area (Å²) in [4.78, 5) is 11.7. The highest BCUT2D eigenvalue weighted by molar-refractivity contribution is 5.73. The van der Waals surface area contributed by atoms with E-state index in [9.17, 15) is 15.0 Å². The molecule has 20 heavy (non-hydrogen) atoms. The number of allylic oxidation sites excluding steroid dienone is 1. The lowest BCUT2D eigenvalue weighted by molar-refractivity contribution is -0.325. The third-order valence-electron chi connectivity index (χ3n) is 6.47. The van der Waals surface area contributed by atoms with Gasteiger partial charge in [-0.3, -0.25) is 0 Å². The molecule has 0 radical (unpaired) electrons.